The fraction of sp³-hybridized carbons (Fsp3) is 0.308. The first-order valence-corrected chi connectivity index (χ1v) is 7.95. The van der Waals surface area contributed by atoms with Crippen LogP contribution >= 0.6 is 23.1 Å². The van der Waals surface area contributed by atoms with Crippen LogP contribution in [0.1, 0.15) is 12.5 Å². The maximum Gasteiger partial charge on any atom is 0.233 e. The number of methoxy groups -OCH3 is 1. The van der Waals surface area contributed by atoms with Gasteiger partial charge in [-0.3, -0.25) is 4.79 Å². The molecule has 0 bridgehead atoms. The number of anilines is 1. The molecule has 8 heteroatoms. The second-order valence-corrected chi connectivity index (χ2v) is 6.79. The summed E-state index contributed by atoms with van der Waals surface area (Å²) in [5.74, 6) is 0.690. The number of nitrogens with zero attached hydrogens (tertiary/aromatic N) is 2. The first-order chi connectivity index (χ1) is 10.1. The zero-order valence-electron chi connectivity index (χ0n) is 11.7. The van der Waals surface area contributed by atoms with Crippen molar-refractivity contribution in [3.05, 3.63) is 29.8 Å². The van der Waals surface area contributed by atoms with E-state index in [1.54, 1.807) is 7.11 Å². The van der Waals surface area contributed by atoms with Crippen LogP contribution in [0, 0.1) is 0 Å². The molecule has 1 heterocycles. The minimum absolute atomic E-state index is 0.0697. The maximum atomic E-state index is 12.1. The molecule has 1 aromatic carbocycles. The molecule has 21 heavy (non-hydrogen) atoms. The standard InChI is InChI=1S/C13H16N4O2S2/c1-8(20-13-17-16-12(14)21-13)11(18)15-7-9-5-3-4-6-10(9)19-2/h3-6,8H,7H2,1-2H3,(H2,14,16)(H,15,18). The number of carbonyl (C=O) groups is 1. The molecule has 0 spiro atoms. The van der Waals surface area contributed by atoms with E-state index in [0.29, 0.717) is 16.0 Å². The highest BCUT2D eigenvalue weighted by atomic mass is 32.2. The number of thioether (sulfide) groups is 1. The van der Waals surface area contributed by atoms with Gasteiger partial charge in [-0.25, -0.2) is 0 Å². The van der Waals surface area contributed by atoms with E-state index in [-0.39, 0.29) is 11.2 Å². The van der Waals surface area contributed by atoms with E-state index in [1.165, 1.54) is 23.1 Å². The average molecular weight is 324 g/mol. The van der Waals surface area contributed by atoms with Gasteiger partial charge in [0.1, 0.15) is 5.75 Å². The lowest BCUT2D eigenvalue weighted by atomic mass is 10.2. The maximum absolute atomic E-state index is 12.1. The van der Waals surface area contributed by atoms with Crippen molar-refractivity contribution in [2.75, 3.05) is 12.8 Å². The fourth-order valence-electron chi connectivity index (χ4n) is 1.65. The Labute approximate surface area is 131 Å². The number of nitrogens with one attached hydrogen (secondary N) is 1. The van der Waals surface area contributed by atoms with Crippen LogP contribution in [0.15, 0.2) is 28.6 Å². The summed E-state index contributed by atoms with van der Waals surface area (Å²) in [5, 5.41) is 10.6. The molecule has 1 aromatic heterocycles. The first kappa shape index (κ1) is 15.6. The Bertz CT molecular complexity index is 618. The van der Waals surface area contributed by atoms with Crippen LogP contribution in [0.3, 0.4) is 0 Å². The Morgan fingerprint density at radius 3 is 2.90 bits per heavy atom. The zero-order valence-corrected chi connectivity index (χ0v) is 13.3. The normalized spacial score (nSPS) is 11.9. The van der Waals surface area contributed by atoms with Gasteiger partial charge in [0.2, 0.25) is 11.0 Å². The van der Waals surface area contributed by atoms with Crippen molar-refractivity contribution >= 4 is 34.1 Å². The molecular formula is C13H16N4O2S2. The van der Waals surface area contributed by atoms with Crippen LogP contribution in [-0.4, -0.2) is 28.5 Å². The number of para-hydroxylation sites is 1. The average Bonchev–Trinajstić information content (AvgIpc) is 2.90. The van der Waals surface area contributed by atoms with Gasteiger partial charge in [0.25, 0.3) is 0 Å². The predicted molar refractivity (Wildman–Crippen MR) is 84.5 cm³/mol. The highest BCUT2D eigenvalue weighted by molar-refractivity contribution is 8.02. The zero-order chi connectivity index (χ0) is 15.2. The Kier molecular flexibility index (Phi) is 5.40. The smallest absolute Gasteiger partial charge is 0.233 e. The van der Waals surface area contributed by atoms with Gasteiger partial charge >= 0.3 is 0 Å². The van der Waals surface area contributed by atoms with Gasteiger partial charge in [0.15, 0.2) is 4.34 Å². The lowest BCUT2D eigenvalue weighted by Crippen LogP contribution is -2.30. The topological polar surface area (TPSA) is 90.1 Å². The van der Waals surface area contributed by atoms with Crippen molar-refractivity contribution in [2.45, 2.75) is 23.1 Å². The Morgan fingerprint density at radius 2 is 2.24 bits per heavy atom. The van der Waals surface area contributed by atoms with Gasteiger partial charge in [-0.05, 0) is 13.0 Å². The number of benzene rings is 1. The quantitative estimate of drug-likeness (QED) is 0.789. The molecule has 1 atom stereocenters. The molecule has 0 aliphatic rings. The number of rotatable bonds is 6. The van der Waals surface area contributed by atoms with E-state index in [0.717, 1.165) is 11.3 Å². The van der Waals surface area contributed by atoms with Gasteiger partial charge in [-0.1, -0.05) is 41.3 Å². The minimum atomic E-state index is -0.271. The van der Waals surface area contributed by atoms with Crippen molar-refractivity contribution in [1.82, 2.24) is 15.5 Å². The molecule has 2 rings (SSSR count). The number of ether oxygens (including phenoxy) is 1. The van der Waals surface area contributed by atoms with Crippen LogP contribution < -0.4 is 15.8 Å². The van der Waals surface area contributed by atoms with Crippen molar-refractivity contribution < 1.29 is 9.53 Å². The Morgan fingerprint density at radius 1 is 1.48 bits per heavy atom. The van der Waals surface area contributed by atoms with E-state index in [4.69, 9.17) is 10.5 Å². The second-order valence-electron chi connectivity index (χ2n) is 4.20. The van der Waals surface area contributed by atoms with Gasteiger partial charge in [-0.15, -0.1) is 10.2 Å². The molecule has 0 aliphatic carbocycles. The third kappa shape index (κ3) is 4.33. The van der Waals surface area contributed by atoms with Gasteiger partial charge in [-0.2, -0.15) is 0 Å². The van der Waals surface area contributed by atoms with Crippen LogP contribution in [0.25, 0.3) is 0 Å². The molecule has 0 radical (unpaired) electrons. The molecule has 0 fully saturated rings. The summed E-state index contributed by atoms with van der Waals surface area (Å²) in [6, 6.07) is 7.58. The molecule has 2 aromatic rings. The van der Waals surface area contributed by atoms with Crippen LogP contribution in [0.5, 0.6) is 5.75 Å². The molecular weight excluding hydrogens is 308 g/mol. The van der Waals surface area contributed by atoms with Crippen LogP contribution in [0.2, 0.25) is 0 Å². The number of nitrogen functional groups attached to an aromatic ring is 1. The molecule has 6 nitrogen and oxygen atoms in total. The summed E-state index contributed by atoms with van der Waals surface area (Å²) in [4.78, 5) is 12.1. The van der Waals surface area contributed by atoms with Crippen molar-refractivity contribution in [2.24, 2.45) is 0 Å². The molecule has 3 N–H and O–H groups in total. The number of carbonyl (C=O) groups excluding carboxylic acids is 1. The monoisotopic (exact) mass is 324 g/mol. The summed E-state index contributed by atoms with van der Waals surface area (Å²) in [5.41, 5.74) is 6.45. The van der Waals surface area contributed by atoms with Gasteiger partial charge in [0.05, 0.1) is 12.4 Å². The fourth-order valence-corrected chi connectivity index (χ4v) is 3.45. The third-order valence-electron chi connectivity index (χ3n) is 2.71. The molecule has 1 amide bonds. The summed E-state index contributed by atoms with van der Waals surface area (Å²) in [6.45, 7) is 2.24. The molecule has 0 aliphatic heterocycles. The summed E-state index contributed by atoms with van der Waals surface area (Å²) in [6.07, 6.45) is 0. The summed E-state index contributed by atoms with van der Waals surface area (Å²) < 4.78 is 5.94. The highest BCUT2D eigenvalue weighted by Gasteiger charge is 2.17. The summed E-state index contributed by atoms with van der Waals surface area (Å²) in [7, 11) is 1.61. The van der Waals surface area contributed by atoms with E-state index in [9.17, 15) is 4.79 Å². The molecule has 0 saturated carbocycles. The molecule has 1 unspecified atom stereocenters. The summed E-state index contributed by atoms with van der Waals surface area (Å²) >= 11 is 2.61. The van der Waals surface area contributed by atoms with Crippen molar-refractivity contribution in [3.63, 3.8) is 0 Å². The Balaban J connectivity index is 1.89. The van der Waals surface area contributed by atoms with Crippen molar-refractivity contribution in [3.8, 4) is 5.75 Å². The van der Waals surface area contributed by atoms with Crippen LogP contribution in [-0.2, 0) is 11.3 Å². The van der Waals surface area contributed by atoms with Gasteiger partial charge < -0.3 is 15.8 Å². The van der Waals surface area contributed by atoms with E-state index >= 15 is 0 Å². The number of hydrogen-bond acceptors (Lipinski definition) is 7. The van der Waals surface area contributed by atoms with E-state index in [1.807, 2.05) is 31.2 Å². The number of aromatic nitrogens is 2. The largest absolute Gasteiger partial charge is 0.496 e. The lowest BCUT2D eigenvalue weighted by molar-refractivity contribution is -0.120. The number of hydrogen-bond donors (Lipinski definition) is 2. The number of amides is 1. The predicted octanol–water partition coefficient (Wildman–Crippen LogP) is 1.93. The number of nitrogens with two attached hydrogens (primary N) is 1. The van der Waals surface area contributed by atoms with Crippen molar-refractivity contribution in [1.29, 1.82) is 0 Å². The molecule has 0 saturated heterocycles. The Hall–Kier alpha value is -1.80. The second kappa shape index (κ2) is 7.28. The van der Waals surface area contributed by atoms with E-state index < -0.39 is 0 Å². The van der Waals surface area contributed by atoms with E-state index in [2.05, 4.69) is 15.5 Å². The lowest BCUT2D eigenvalue weighted by Gasteiger charge is -2.12. The highest BCUT2D eigenvalue weighted by Crippen LogP contribution is 2.27. The minimum Gasteiger partial charge on any atom is -0.496 e. The van der Waals surface area contributed by atoms with Crippen LogP contribution in [0.4, 0.5) is 5.13 Å². The molecule has 112 valence electrons. The third-order valence-corrected chi connectivity index (χ3v) is 4.65. The SMILES string of the molecule is COc1ccccc1CNC(=O)C(C)Sc1nnc(N)s1. The first-order valence-electron chi connectivity index (χ1n) is 6.25. The van der Waals surface area contributed by atoms with Gasteiger partial charge in [0, 0.05) is 12.1 Å².